The normalized spacial score (nSPS) is 29.3. The average molecular weight is 583 g/mol. The maximum Gasteiger partial charge on any atom is 0.305 e. The highest BCUT2D eigenvalue weighted by Gasteiger charge is 2.69. The maximum atomic E-state index is 14.0. The molecule has 41 heavy (non-hydrogen) atoms. The van der Waals surface area contributed by atoms with Crippen molar-refractivity contribution in [2.24, 2.45) is 29.6 Å². The Kier molecular flexibility index (Phi) is 5.69. The monoisotopic (exact) mass is 582 g/mol. The minimum atomic E-state index is -0.347. The van der Waals surface area contributed by atoms with Gasteiger partial charge in [0.1, 0.15) is 17.2 Å². The molecule has 9 heteroatoms. The zero-order chi connectivity index (χ0) is 27.8. The summed E-state index contributed by atoms with van der Waals surface area (Å²) in [7, 11) is 1.59. The van der Waals surface area contributed by atoms with Gasteiger partial charge < -0.3 is 14.5 Å². The number of fused-ring (bicyclic) bond motifs is 9. The lowest BCUT2D eigenvalue weighted by molar-refractivity contribution is -0.123. The van der Waals surface area contributed by atoms with Crippen molar-refractivity contribution in [2.75, 3.05) is 12.0 Å². The van der Waals surface area contributed by atoms with Gasteiger partial charge in [0.15, 0.2) is 0 Å². The summed E-state index contributed by atoms with van der Waals surface area (Å²) >= 11 is 2.96. The van der Waals surface area contributed by atoms with Gasteiger partial charge in [-0.25, -0.2) is 0 Å². The molecule has 7 nitrogen and oxygen atoms in total. The van der Waals surface area contributed by atoms with Crippen LogP contribution < -0.4 is 19.2 Å². The van der Waals surface area contributed by atoms with Gasteiger partial charge in [0.25, 0.3) is 0 Å². The predicted molar refractivity (Wildman–Crippen MR) is 157 cm³/mol. The standard InChI is InChI=1S/C32H26N2O5S2/c1-38-18-12-10-17(11-13-18)34-30(35)25-21-15-22(26(25)31(34)36)27-24(21)23(28-29(40-27)33-32(37)41-28)16-6-5-9-20(14-16)39-19-7-3-2-4-8-19/h2-14,21-27H,15H2,1H3,(H,33,37)/t21?,22?,23-,24?,25?,26?,27?/m1/s1. The molecular formula is C32H26N2O5S2. The summed E-state index contributed by atoms with van der Waals surface area (Å²) in [5, 5.41) is 1.03. The van der Waals surface area contributed by atoms with Gasteiger partial charge in [0.2, 0.25) is 11.8 Å². The van der Waals surface area contributed by atoms with Gasteiger partial charge in [-0.15, -0.1) is 11.8 Å². The molecular weight excluding hydrogens is 556 g/mol. The maximum absolute atomic E-state index is 14.0. The smallest absolute Gasteiger partial charge is 0.305 e. The van der Waals surface area contributed by atoms with E-state index in [1.54, 1.807) is 43.1 Å². The lowest BCUT2D eigenvalue weighted by Crippen LogP contribution is -2.42. The van der Waals surface area contributed by atoms with Gasteiger partial charge >= 0.3 is 4.87 Å². The molecule has 3 aromatic carbocycles. The molecule has 1 aromatic heterocycles. The number of anilines is 1. The van der Waals surface area contributed by atoms with E-state index in [-0.39, 0.29) is 57.4 Å². The summed E-state index contributed by atoms with van der Waals surface area (Å²) in [4.78, 5) is 45.8. The Morgan fingerprint density at radius 2 is 1.56 bits per heavy atom. The molecule has 1 N–H and O–H groups in total. The number of hydrogen-bond donors (Lipinski definition) is 1. The van der Waals surface area contributed by atoms with Crippen LogP contribution in [0.2, 0.25) is 0 Å². The molecule has 4 aliphatic rings. The molecule has 2 bridgehead atoms. The fourth-order valence-corrected chi connectivity index (χ4v) is 10.7. The summed E-state index contributed by atoms with van der Waals surface area (Å²) < 4.78 is 11.4. The van der Waals surface area contributed by atoms with Crippen molar-refractivity contribution in [3.8, 4) is 17.2 Å². The van der Waals surface area contributed by atoms with E-state index in [1.807, 2.05) is 42.5 Å². The largest absolute Gasteiger partial charge is 0.497 e. The third-order valence-electron chi connectivity index (χ3n) is 9.25. The number of nitrogens with zero attached hydrogens (tertiary/aromatic N) is 1. The molecule has 3 heterocycles. The van der Waals surface area contributed by atoms with E-state index in [9.17, 15) is 14.4 Å². The number of methoxy groups -OCH3 is 1. The first-order chi connectivity index (χ1) is 20.0. The molecule has 4 aromatic rings. The quantitative estimate of drug-likeness (QED) is 0.294. The molecule has 0 radical (unpaired) electrons. The Morgan fingerprint density at radius 1 is 0.829 bits per heavy atom. The Bertz CT molecular complexity index is 1730. The van der Waals surface area contributed by atoms with Crippen LogP contribution in [0.5, 0.6) is 17.2 Å². The third kappa shape index (κ3) is 3.75. The van der Waals surface area contributed by atoms with Crippen molar-refractivity contribution in [2.45, 2.75) is 22.6 Å². The number of thiazole rings is 1. The number of imide groups is 1. The first-order valence-corrected chi connectivity index (χ1v) is 15.5. The molecule has 206 valence electrons. The average Bonchev–Trinajstić information content (AvgIpc) is 3.72. The van der Waals surface area contributed by atoms with Crippen LogP contribution >= 0.6 is 23.1 Å². The van der Waals surface area contributed by atoms with Crippen molar-refractivity contribution < 1.29 is 19.1 Å². The van der Waals surface area contributed by atoms with Crippen molar-refractivity contribution >= 4 is 40.6 Å². The Labute approximate surface area is 244 Å². The van der Waals surface area contributed by atoms with Crippen LogP contribution in [0.1, 0.15) is 22.8 Å². The molecule has 7 atom stereocenters. The second-order valence-electron chi connectivity index (χ2n) is 11.2. The van der Waals surface area contributed by atoms with Crippen LogP contribution in [0.25, 0.3) is 0 Å². The number of rotatable bonds is 5. The summed E-state index contributed by atoms with van der Waals surface area (Å²) in [5.74, 6) is 1.47. The second-order valence-corrected chi connectivity index (χ2v) is 13.4. The third-order valence-corrected chi connectivity index (χ3v) is 11.8. The van der Waals surface area contributed by atoms with Crippen molar-refractivity contribution in [1.82, 2.24) is 4.98 Å². The molecule has 2 amide bonds. The molecule has 0 spiro atoms. The number of nitrogens with one attached hydrogen (secondary N) is 1. The van der Waals surface area contributed by atoms with Gasteiger partial charge in [-0.1, -0.05) is 41.7 Å². The molecule has 2 saturated carbocycles. The second kappa shape index (κ2) is 9.36. The number of aromatic nitrogens is 1. The van der Waals surface area contributed by atoms with E-state index in [1.165, 1.54) is 16.2 Å². The van der Waals surface area contributed by atoms with Gasteiger partial charge in [-0.2, -0.15) is 0 Å². The Hall–Kier alpha value is -3.82. The minimum Gasteiger partial charge on any atom is -0.497 e. The van der Waals surface area contributed by atoms with Crippen molar-refractivity contribution in [1.29, 1.82) is 0 Å². The molecule has 1 saturated heterocycles. The number of para-hydroxylation sites is 1. The van der Waals surface area contributed by atoms with Crippen LogP contribution in [0.3, 0.4) is 0 Å². The SMILES string of the molecule is COc1ccc(N2C(=O)C3C4CC(C3C2=O)C2C4Sc3[nH]c(=O)sc3[C@@H]2c2cccc(Oc3ccccc3)c2)cc1. The lowest BCUT2D eigenvalue weighted by Gasteiger charge is -2.43. The topological polar surface area (TPSA) is 88.7 Å². The van der Waals surface area contributed by atoms with E-state index in [2.05, 4.69) is 17.1 Å². The van der Waals surface area contributed by atoms with Crippen LogP contribution in [0.4, 0.5) is 5.69 Å². The summed E-state index contributed by atoms with van der Waals surface area (Å²) in [6.45, 7) is 0. The lowest BCUT2D eigenvalue weighted by atomic mass is 9.68. The Morgan fingerprint density at radius 3 is 2.32 bits per heavy atom. The highest BCUT2D eigenvalue weighted by Crippen LogP contribution is 2.68. The fourth-order valence-electron chi connectivity index (χ4n) is 7.77. The van der Waals surface area contributed by atoms with Gasteiger partial charge in [0, 0.05) is 16.0 Å². The number of carbonyl (C=O) groups is 2. The van der Waals surface area contributed by atoms with E-state index in [0.717, 1.165) is 33.4 Å². The number of aromatic amines is 1. The molecule has 6 unspecified atom stereocenters. The zero-order valence-electron chi connectivity index (χ0n) is 22.1. The van der Waals surface area contributed by atoms with Crippen LogP contribution in [-0.2, 0) is 9.59 Å². The molecule has 3 fully saturated rings. The molecule has 8 rings (SSSR count). The van der Waals surface area contributed by atoms with Crippen LogP contribution in [-0.4, -0.2) is 29.2 Å². The molecule has 2 aliphatic heterocycles. The Balaban J connectivity index is 1.18. The van der Waals surface area contributed by atoms with E-state index >= 15 is 0 Å². The van der Waals surface area contributed by atoms with E-state index < -0.39 is 0 Å². The van der Waals surface area contributed by atoms with E-state index in [4.69, 9.17) is 9.47 Å². The van der Waals surface area contributed by atoms with Gasteiger partial charge in [-0.3, -0.25) is 19.3 Å². The summed E-state index contributed by atoms with van der Waals surface area (Å²) in [6, 6.07) is 24.9. The fraction of sp³-hybridized carbons (Fsp3) is 0.281. The van der Waals surface area contributed by atoms with Gasteiger partial charge in [-0.05, 0) is 78.3 Å². The van der Waals surface area contributed by atoms with Crippen LogP contribution in [0.15, 0.2) is 88.7 Å². The van der Waals surface area contributed by atoms with E-state index in [0.29, 0.717) is 11.4 Å². The predicted octanol–water partition coefficient (Wildman–Crippen LogP) is 5.92. The number of carbonyl (C=O) groups excluding carboxylic acids is 2. The highest BCUT2D eigenvalue weighted by molar-refractivity contribution is 8.00. The number of hydrogen-bond acceptors (Lipinski definition) is 7. The number of H-pyrrole nitrogens is 1. The molecule has 2 aliphatic carbocycles. The van der Waals surface area contributed by atoms with Crippen molar-refractivity contribution in [3.05, 3.63) is 99.0 Å². The van der Waals surface area contributed by atoms with Crippen molar-refractivity contribution in [3.63, 3.8) is 0 Å². The van der Waals surface area contributed by atoms with Crippen LogP contribution in [0, 0.1) is 29.6 Å². The first kappa shape index (κ1) is 24.9. The minimum absolute atomic E-state index is 0.0521. The number of benzene rings is 3. The summed E-state index contributed by atoms with van der Waals surface area (Å²) in [5.41, 5.74) is 1.66. The number of amides is 2. The first-order valence-electron chi connectivity index (χ1n) is 13.8. The zero-order valence-corrected chi connectivity index (χ0v) is 23.7. The summed E-state index contributed by atoms with van der Waals surface area (Å²) in [6.07, 6.45) is 0.849. The number of thioether (sulfide) groups is 1. The van der Waals surface area contributed by atoms with Gasteiger partial charge in [0.05, 0.1) is 29.7 Å². The highest BCUT2D eigenvalue weighted by atomic mass is 32.2. The number of ether oxygens (including phenoxy) is 2.